The first-order valence-corrected chi connectivity index (χ1v) is 9.71. The smallest absolute Gasteiger partial charge is 0.207 e. The third-order valence-corrected chi connectivity index (χ3v) is 5.63. The quantitative estimate of drug-likeness (QED) is 0.705. The molecule has 3 rings (SSSR count). The van der Waals surface area contributed by atoms with Gasteiger partial charge in [0.05, 0.1) is 10.9 Å². The standard InChI is InChI=1S/C20H18ClNO2S/c1-15-7-9-17(10-8-15)20(16-5-3-2-4-6-16)22-25(23,24)19-13-11-18(21)12-14-19/h2-14,20,22H,1H3/t20-/m1/s1. The van der Waals surface area contributed by atoms with Crippen molar-refractivity contribution in [3.05, 3.63) is 101 Å². The van der Waals surface area contributed by atoms with Crippen LogP contribution in [0.4, 0.5) is 0 Å². The molecule has 1 N–H and O–H groups in total. The van der Waals surface area contributed by atoms with Crippen LogP contribution >= 0.6 is 11.6 Å². The number of aryl methyl sites for hydroxylation is 1. The van der Waals surface area contributed by atoms with Crippen LogP contribution in [0.3, 0.4) is 0 Å². The van der Waals surface area contributed by atoms with Gasteiger partial charge in [-0.15, -0.1) is 0 Å². The Balaban J connectivity index is 2.00. The molecule has 0 bridgehead atoms. The van der Waals surface area contributed by atoms with Crippen LogP contribution in [0.5, 0.6) is 0 Å². The molecule has 0 aliphatic heterocycles. The molecule has 128 valence electrons. The molecular weight excluding hydrogens is 354 g/mol. The number of hydrogen-bond acceptors (Lipinski definition) is 2. The van der Waals surface area contributed by atoms with E-state index in [1.165, 1.54) is 12.1 Å². The number of sulfonamides is 1. The van der Waals surface area contributed by atoms with Crippen LogP contribution in [0.25, 0.3) is 0 Å². The van der Waals surface area contributed by atoms with E-state index in [1.807, 2.05) is 61.5 Å². The molecule has 0 saturated carbocycles. The molecule has 25 heavy (non-hydrogen) atoms. The lowest BCUT2D eigenvalue weighted by molar-refractivity contribution is 0.572. The first kappa shape index (κ1) is 17.7. The molecule has 1 atom stereocenters. The highest BCUT2D eigenvalue weighted by molar-refractivity contribution is 7.89. The topological polar surface area (TPSA) is 46.2 Å². The Morgan fingerprint density at radius 1 is 0.800 bits per heavy atom. The lowest BCUT2D eigenvalue weighted by Gasteiger charge is -2.20. The summed E-state index contributed by atoms with van der Waals surface area (Å²) in [6.07, 6.45) is 0. The predicted octanol–water partition coefficient (Wildman–Crippen LogP) is 4.72. The Morgan fingerprint density at radius 3 is 1.96 bits per heavy atom. The van der Waals surface area contributed by atoms with Crippen molar-refractivity contribution in [3.63, 3.8) is 0 Å². The van der Waals surface area contributed by atoms with Gasteiger partial charge in [-0.3, -0.25) is 0 Å². The normalized spacial score (nSPS) is 12.7. The first-order valence-electron chi connectivity index (χ1n) is 7.85. The minimum Gasteiger partial charge on any atom is -0.207 e. The minimum absolute atomic E-state index is 0.185. The Kier molecular flexibility index (Phi) is 5.23. The lowest BCUT2D eigenvalue weighted by atomic mass is 9.99. The highest BCUT2D eigenvalue weighted by Gasteiger charge is 2.22. The van der Waals surface area contributed by atoms with E-state index in [9.17, 15) is 8.42 Å². The molecule has 0 spiro atoms. The Hall–Kier alpha value is -2.14. The van der Waals surface area contributed by atoms with Gasteiger partial charge in [0.2, 0.25) is 10.0 Å². The summed E-state index contributed by atoms with van der Waals surface area (Å²) >= 11 is 5.86. The van der Waals surface area contributed by atoms with Crippen molar-refractivity contribution in [2.75, 3.05) is 0 Å². The van der Waals surface area contributed by atoms with Gasteiger partial charge in [-0.05, 0) is 42.3 Å². The maximum Gasteiger partial charge on any atom is 0.241 e. The number of rotatable bonds is 5. The summed E-state index contributed by atoms with van der Waals surface area (Å²) in [5.41, 5.74) is 2.88. The fraction of sp³-hybridized carbons (Fsp3) is 0.100. The third-order valence-electron chi connectivity index (χ3n) is 3.94. The number of nitrogens with one attached hydrogen (secondary N) is 1. The van der Waals surface area contributed by atoms with Crippen LogP contribution in [0.2, 0.25) is 5.02 Å². The molecular formula is C20H18ClNO2S. The molecule has 5 heteroatoms. The van der Waals surface area contributed by atoms with Crippen LogP contribution in [0, 0.1) is 6.92 Å². The summed E-state index contributed by atoms with van der Waals surface area (Å²) in [5, 5.41) is 0.497. The van der Waals surface area contributed by atoms with E-state index in [2.05, 4.69) is 4.72 Å². The van der Waals surface area contributed by atoms with Crippen LogP contribution in [0.15, 0.2) is 83.8 Å². The molecule has 0 aromatic heterocycles. The highest BCUT2D eigenvalue weighted by Crippen LogP contribution is 2.25. The summed E-state index contributed by atoms with van der Waals surface area (Å²) < 4.78 is 28.4. The summed E-state index contributed by atoms with van der Waals surface area (Å²) in [5.74, 6) is 0. The van der Waals surface area contributed by atoms with Gasteiger partial charge in [0.1, 0.15) is 0 Å². The molecule has 0 heterocycles. The molecule has 3 nitrogen and oxygen atoms in total. The van der Waals surface area contributed by atoms with Crippen LogP contribution in [0.1, 0.15) is 22.7 Å². The zero-order valence-corrected chi connectivity index (χ0v) is 15.3. The van der Waals surface area contributed by atoms with Crippen molar-refractivity contribution in [2.24, 2.45) is 0 Å². The van der Waals surface area contributed by atoms with Gasteiger partial charge in [-0.2, -0.15) is 4.72 Å². The fourth-order valence-corrected chi connectivity index (χ4v) is 3.91. The summed E-state index contributed by atoms with van der Waals surface area (Å²) in [7, 11) is -3.69. The second kappa shape index (κ2) is 7.40. The van der Waals surface area contributed by atoms with E-state index in [4.69, 9.17) is 11.6 Å². The van der Waals surface area contributed by atoms with Gasteiger partial charge in [0.15, 0.2) is 0 Å². The Bertz CT molecular complexity index is 937. The number of benzene rings is 3. The SMILES string of the molecule is Cc1ccc([C@H](NS(=O)(=O)c2ccc(Cl)cc2)c2ccccc2)cc1. The largest absolute Gasteiger partial charge is 0.241 e. The van der Waals surface area contributed by atoms with Crippen LogP contribution < -0.4 is 4.72 Å². The van der Waals surface area contributed by atoms with E-state index < -0.39 is 16.1 Å². The lowest BCUT2D eigenvalue weighted by Crippen LogP contribution is -2.29. The predicted molar refractivity (Wildman–Crippen MR) is 101 cm³/mol. The van der Waals surface area contributed by atoms with Gasteiger partial charge in [-0.1, -0.05) is 71.8 Å². The molecule has 0 unspecified atom stereocenters. The molecule has 0 fully saturated rings. The van der Waals surface area contributed by atoms with Crippen molar-refractivity contribution < 1.29 is 8.42 Å². The van der Waals surface area contributed by atoms with Crippen molar-refractivity contribution in [3.8, 4) is 0 Å². The molecule has 3 aromatic carbocycles. The van der Waals surface area contributed by atoms with E-state index in [1.54, 1.807) is 12.1 Å². The number of halogens is 1. The molecule has 0 radical (unpaired) electrons. The van der Waals surface area contributed by atoms with Crippen molar-refractivity contribution >= 4 is 21.6 Å². The van der Waals surface area contributed by atoms with E-state index in [0.29, 0.717) is 5.02 Å². The highest BCUT2D eigenvalue weighted by atomic mass is 35.5. The zero-order chi connectivity index (χ0) is 17.9. The first-order chi connectivity index (χ1) is 12.0. The van der Waals surface area contributed by atoms with Crippen molar-refractivity contribution in [2.45, 2.75) is 17.9 Å². The second-order valence-corrected chi connectivity index (χ2v) is 7.98. The van der Waals surface area contributed by atoms with E-state index in [0.717, 1.165) is 16.7 Å². The maximum atomic E-state index is 12.8. The summed E-state index contributed by atoms with van der Waals surface area (Å²) in [6.45, 7) is 2.00. The van der Waals surface area contributed by atoms with Crippen molar-refractivity contribution in [1.29, 1.82) is 0 Å². The maximum absolute atomic E-state index is 12.8. The Morgan fingerprint density at radius 2 is 1.36 bits per heavy atom. The minimum atomic E-state index is -3.69. The third kappa shape index (κ3) is 4.28. The van der Waals surface area contributed by atoms with Gasteiger partial charge in [0.25, 0.3) is 0 Å². The van der Waals surface area contributed by atoms with Gasteiger partial charge < -0.3 is 0 Å². The van der Waals surface area contributed by atoms with Gasteiger partial charge in [-0.25, -0.2) is 8.42 Å². The van der Waals surface area contributed by atoms with Crippen LogP contribution in [-0.4, -0.2) is 8.42 Å². The molecule has 0 aliphatic carbocycles. The van der Waals surface area contributed by atoms with Gasteiger partial charge >= 0.3 is 0 Å². The molecule has 0 amide bonds. The average Bonchev–Trinajstić information content (AvgIpc) is 2.62. The van der Waals surface area contributed by atoms with E-state index in [-0.39, 0.29) is 4.90 Å². The van der Waals surface area contributed by atoms with E-state index >= 15 is 0 Å². The summed E-state index contributed by atoms with van der Waals surface area (Å²) in [6, 6.07) is 23.0. The van der Waals surface area contributed by atoms with Crippen molar-refractivity contribution in [1.82, 2.24) is 4.72 Å². The average molecular weight is 372 g/mol. The molecule has 0 aliphatic rings. The summed E-state index contributed by atoms with van der Waals surface area (Å²) in [4.78, 5) is 0.185. The number of hydrogen-bond donors (Lipinski definition) is 1. The molecule has 0 saturated heterocycles. The second-order valence-electron chi connectivity index (χ2n) is 5.83. The monoisotopic (exact) mass is 371 g/mol. The van der Waals surface area contributed by atoms with Crippen LogP contribution in [-0.2, 0) is 10.0 Å². The molecule has 3 aromatic rings. The zero-order valence-electron chi connectivity index (χ0n) is 13.7. The fourth-order valence-electron chi connectivity index (χ4n) is 2.57. The van der Waals surface area contributed by atoms with Gasteiger partial charge in [0, 0.05) is 5.02 Å². The Labute approximate surface area is 153 Å².